The molecule has 1 unspecified atom stereocenters. The molecule has 1 aliphatic carbocycles. The Balaban J connectivity index is 1.87. The molecule has 1 saturated carbocycles. The van der Waals surface area contributed by atoms with Gasteiger partial charge in [-0.1, -0.05) is 0 Å². The van der Waals surface area contributed by atoms with E-state index in [1.54, 1.807) is 20.8 Å². The summed E-state index contributed by atoms with van der Waals surface area (Å²) in [5, 5.41) is 2.62. The number of methoxy groups -OCH3 is 1. The summed E-state index contributed by atoms with van der Waals surface area (Å²) in [7, 11) is 1.34. The minimum Gasteiger partial charge on any atom is -0.444 e. The highest BCUT2D eigenvalue weighted by molar-refractivity contribution is 5.89. The highest BCUT2D eigenvalue weighted by Gasteiger charge is 2.53. The van der Waals surface area contributed by atoms with Gasteiger partial charge in [-0.3, -0.25) is 25.2 Å². The predicted octanol–water partition coefficient (Wildman–Crippen LogP) is 1.29. The van der Waals surface area contributed by atoms with Crippen LogP contribution in [-0.2, 0) is 28.5 Å². The number of carbonyl (C=O) groups excluding carboxylic acids is 3. The molecule has 1 heterocycles. The fourth-order valence-corrected chi connectivity index (χ4v) is 3.24. The van der Waals surface area contributed by atoms with Crippen LogP contribution >= 0.6 is 0 Å². The quantitative estimate of drug-likeness (QED) is 0.534. The number of hydrogen-bond donors (Lipinski definition) is 3. The van der Waals surface area contributed by atoms with Gasteiger partial charge in [0.05, 0.1) is 18.8 Å². The zero-order chi connectivity index (χ0) is 23.4. The van der Waals surface area contributed by atoms with Crippen molar-refractivity contribution in [1.82, 2.24) is 16.2 Å². The molecule has 0 bridgehead atoms. The maximum atomic E-state index is 12.6. The first-order valence-electron chi connectivity index (χ1n) is 9.76. The van der Waals surface area contributed by atoms with Crippen LogP contribution in [0, 0.1) is 0 Å². The zero-order valence-corrected chi connectivity index (χ0v) is 17.8. The van der Waals surface area contributed by atoms with E-state index in [0.717, 1.165) is 0 Å². The van der Waals surface area contributed by atoms with Gasteiger partial charge in [-0.25, -0.2) is 4.79 Å². The fraction of sp³-hybridized carbons (Fsp3) is 0.833. The van der Waals surface area contributed by atoms with Crippen molar-refractivity contribution in [1.29, 1.82) is 0 Å². The molecule has 3 atom stereocenters. The van der Waals surface area contributed by atoms with Gasteiger partial charge in [0.15, 0.2) is 11.7 Å². The monoisotopic (exact) mass is 455 g/mol. The average molecular weight is 455 g/mol. The first-order valence-corrected chi connectivity index (χ1v) is 9.76. The molecule has 2 aliphatic rings. The lowest BCUT2D eigenvalue weighted by atomic mass is 9.79. The smallest absolute Gasteiger partial charge is 0.444 e. The van der Waals surface area contributed by atoms with Crippen molar-refractivity contribution in [2.24, 2.45) is 0 Å². The molecule has 13 heteroatoms. The Morgan fingerprint density at radius 3 is 2.23 bits per heavy atom. The molecule has 1 saturated heterocycles. The predicted molar refractivity (Wildman–Crippen MR) is 98.3 cm³/mol. The highest BCUT2D eigenvalue weighted by Crippen LogP contribution is 2.40. The molecule has 0 spiro atoms. The Kier molecular flexibility index (Phi) is 7.76. The van der Waals surface area contributed by atoms with Crippen molar-refractivity contribution < 1.29 is 46.5 Å². The average Bonchev–Trinajstić information content (AvgIpc) is 2.59. The van der Waals surface area contributed by atoms with E-state index >= 15 is 0 Å². The molecule has 3 amide bonds. The second kappa shape index (κ2) is 9.57. The summed E-state index contributed by atoms with van der Waals surface area (Å²) in [5.74, 6) is -1.91. The lowest BCUT2D eigenvalue weighted by Gasteiger charge is -2.40. The van der Waals surface area contributed by atoms with E-state index < -0.39 is 53.7 Å². The van der Waals surface area contributed by atoms with Crippen molar-refractivity contribution in [3.63, 3.8) is 0 Å². The van der Waals surface area contributed by atoms with Crippen LogP contribution in [0.4, 0.5) is 18.0 Å². The van der Waals surface area contributed by atoms with E-state index in [4.69, 9.17) is 14.2 Å². The summed E-state index contributed by atoms with van der Waals surface area (Å²) in [4.78, 5) is 36.5. The van der Waals surface area contributed by atoms with Crippen LogP contribution in [0.2, 0.25) is 0 Å². The number of halogens is 3. The van der Waals surface area contributed by atoms with E-state index in [2.05, 4.69) is 15.5 Å². The van der Waals surface area contributed by atoms with E-state index in [-0.39, 0.29) is 25.9 Å². The van der Waals surface area contributed by atoms with Gasteiger partial charge in [0.2, 0.25) is 0 Å². The van der Waals surface area contributed by atoms with Crippen LogP contribution in [-0.4, -0.2) is 67.4 Å². The second-order valence-corrected chi connectivity index (χ2v) is 8.45. The molecule has 1 aliphatic heterocycles. The maximum absolute atomic E-state index is 12.6. The first-order chi connectivity index (χ1) is 14.2. The standard InChI is InChI=1S/C18H28F3N3O7/c1-16(2,3)30-15(27)22-10-8-11(28-4)12(29-9-10)13(25)23-24-14(26)17(6-5-7-17)31-18(19,20)21/h10-12H,5-9H2,1-4H3,(H,22,27)(H,23,25)(H,24,26)/t10-,11?,12+/m1/s1. The van der Waals surface area contributed by atoms with Crippen molar-refractivity contribution in [2.75, 3.05) is 13.7 Å². The Bertz CT molecular complexity index is 677. The summed E-state index contributed by atoms with van der Waals surface area (Å²) >= 11 is 0. The third-order valence-electron chi connectivity index (χ3n) is 4.80. The SMILES string of the molecule is COC1C[C@@H](NC(=O)OC(C)(C)C)CO[C@@H]1C(=O)NNC(=O)C1(OC(F)(F)F)CCC1. The topological polar surface area (TPSA) is 124 Å². The van der Waals surface area contributed by atoms with Crippen molar-refractivity contribution in [3.8, 4) is 0 Å². The summed E-state index contributed by atoms with van der Waals surface area (Å²) in [6.07, 6.45) is -7.20. The molecule has 2 fully saturated rings. The molecular formula is C18H28F3N3O7. The molecule has 0 aromatic rings. The van der Waals surface area contributed by atoms with Crippen LogP contribution in [0.3, 0.4) is 0 Å². The van der Waals surface area contributed by atoms with E-state index in [1.165, 1.54) is 7.11 Å². The second-order valence-electron chi connectivity index (χ2n) is 8.45. The summed E-state index contributed by atoms with van der Waals surface area (Å²) in [5.41, 5.74) is 1.29. The number of alkyl carbamates (subject to hydrolysis) is 1. The summed E-state index contributed by atoms with van der Waals surface area (Å²) < 4.78 is 57.5. The van der Waals surface area contributed by atoms with Crippen LogP contribution in [0.1, 0.15) is 46.5 Å². The molecule has 2 rings (SSSR count). The maximum Gasteiger partial charge on any atom is 0.523 e. The molecule has 0 aromatic heterocycles. The van der Waals surface area contributed by atoms with Gasteiger partial charge in [-0.15, -0.1) is 13.2 Å². The zero-order valence-electron chi connectivity index (χ0n) is 17.8. The minimum atomic E-state index is -4.98. The number of alkyl halides is 3. The minimum absolute atomic E-state index is 0.0355. The van der Waals surface area contributed by atoms with Crippen LogP contribution in [0.25, 0.3) is 0 Å². The Morgan fingerprint density at radius 2 is 1.74 bits per heavy atom. The molecule has 31 heavy (non-hydrogen) atoms. The molecular weight excluding hydrogens is 427 g/mol. The third kappa shape index (κ3) is 7.21. The number of nitrogens with one attached hydrogen (secondary N) is 3. The number of amides is 3. The van der Waals surface area contributed by atoms with Gasteiger partial charge in [-0.2, -0.15) is 0 Å². The third-order valence-corrected chi connectivity index (χ3v) is 4.80. The molecule has 3 N–H and O–H groups in total. The van der Waals surface area contributed by atoms with Crippen molar-refractivity contribution in [3.05, 3.63) is 0 Å². The fourth-order valence-electron chi connectivity index (χ4n) is 3.24. The number of rotatable bonds is 5. The van der Waals surface area contributed by atoms with Crippen molar-refractivity contribution in [2.45, 2.75) is 82.3 Å². The first kappa shape index (κ1) is 25.1. The highest BCUT2D eigenvalue weighted by atomic mass is 19.4. The molecule has 0 aromatic carbocycles. The lowest BCUT2D eigenvalue weighted by Crippen LogP contribution is -2.62. The van der Waals surface area contributed by atoms with Gasteiger partial charge in [0, 0.05) is 7.11 Å². The number of carbonyl (C=O) groups is 3. The Hall–Kier alpha value is -2.12. The summed E-state index contributed by atoms with van der Waals surface area (Å²) in [6.45, 7) is 5.10. The number of hydrazine groups is 1. The molecule has 10 nitrogen and oxygen atoms in total. The van der Waals surface area contributed by atoms with Gasteiger partial charge < -0.3 is 19.5 Å². The normalized spacial score (nSPS) is 25.7. The van der Waals surface area contributed by atoms with Gasteiger partial charge in [0.1, 0.15) is 5.60 Å². The van der Waals surface area contributed by atoms with Gasteiger partial charge >= 0.3 is 12.5 Å². The van der Waals surface area contributed by atoms with Gasteiger partial charge in [-0.05, 0) is 46.5 Å². The Morgan fingerprint density at radius 1 is 1.10 bits per heavy atom. The van der Waals surface area contributed by atoms with E-state index in [9.17, 15) is 27.6 Å². The van der Waals surface area contributed by atoms with E-state index in [0.29, 0.717) is 6.42 Å². The van der Waals surface area contributed by atoms with Crippen LogP contribution in [0.15, 0.2) is 0 Å². The van der Waals surface area contributed by atoms with Crippen LogP contribution in [0.5, 0.6) is 0 Å². The Labute approximate surface area is 177 Å². The number of hydrogen-bond acceptors (Lipinski definition) is 7. The van der Waals surface area contributed by atoms with Crippen LogP contribution < -0.4 is 16.2 Å². The number of ether oxygens (including phenoxy) is 4. The summed E-state index contributed by atoms with van der Waals surface area (Å²) in [6, 6.07) is -0.489. The van der Waals surface area contributed by atoms with Gasteiger partial charge in [0.25, 0.3) is 11.8 Å². The largest absolute Gasteiger partial charge is 0.523 e. The molecule has 178 valence electrons. The van der Waals surface area contributed by atoms with E-state index in [1.807, 2.05) is 5.43 Å². The molecule has 0 radical (unpaired) electrons. The lowest BCUT2D eigenvalue weighted by molar-refractivity contribution is -0.370. The van der Waals surface area contributed by atoms with Crippen molar-refractivity contribution >= 4 is 17.9 Å².